The van der Waals surface area contributed by atoms with Crippen LogP contribution >= 0.6 is 22.9 Å². The summed E-state index contributed by atoms with van der Waals surface area (Å²) in [4.78, 5) is 17.4. The molecule has 2 heterocycles. The molecule has 5 nitrogen and oxygen atoms in total. The molecule has 1 fully saturated rings. The summed E-state index contributed by atoms with van der Waals surface area (Å²) in [5.74, 6) is 1.74. The van der Waals surface area contributed by atoms with Gasteiger partial charge in [-0.25, -0.2) is 0 Å². The molecule has 0 N–H and O–H groups in total. The van der Waals surface area contributed by atoms with Crippen molar-refractivity contribution in [2.24, 2.45) is 0 Å². The van der Waals surface area contributed by atoms with Crippen LogP contribution in [0.15, 0.2) is 30.3 Å². The van der Waals surface area contributed by atoms with Gasteiger partial charge in [-0.15, -0.1) is 11.3 Å². The molecule has 0 unspecified atom stereocenters. The Hall–Kier alpha value is -1.76. The highest BCUT2D eigenvalue weighted by Gasteiger charge is 2.23. The maximum absolute atomic E-state index is 12.5. The van der Waals surface area contributed by atoms with Crippen molar-refractivity contribution in [3.05, 3.63) is 45.1 Å². The summed E-state index contributed by atoms with van der Waals surface area (Å²) in [7, 11) is 3.33. The number of rotatable bonds is 5. The van der Waals surface area contributed by atoms with E-state index < -0.39 is 0 Å². The van der Waals surface area contributed by atoms with Crippen molar-refractivity contribution in [2.45, 2.75) is 6.54 Å². The third-order valence-corrected chi connectivity index (χ3v) is 5.54. The molecule has 3 rings (SSSR count). The molecule has 25 heavy (non-hydrogen) atoms. The second-order valence-electron chi connectivity index (χ2n) is 5.85. The highest BCUT2D eigenvalue weighted by Crippen LogP contribution is 2.26. The molecule has 1 aromatic heterocycles. The lowest BCUT2D eigenvalue weighted by Crippen LogP contribution is -2.48. The van der Waals surface area contributed by atoms with Crippen LogP contribution in [-0.2, 0) is 6.54 Å². The number of thiophene rings is 1. The summed E-state index contributed by atoms with van der Waals surface area (Å²) in [6, 6.07) is 9.39. The lowest BCUT2D eigenvalue weighted by atomic mass is 10.1. The average Bonchev–Trinajstić information content (AvgIpc) is 3.08. The van der Waals surface area contributed by atoms with Crippen molar-refractivity contribution >= 4 is 28.8 Å². The van der Waals surface area contributed by atoms with Crippen LogP contribution in [0.3, 0.4) is 0 Å². The van der Waals surface area contributed by atoms with E-state index in [1.165, 1.54) is 11.3 Å². The molecule has 1 saturated heterocycles. The van der Waals surface area contributed by atoms with Gasteiger partial charge in [0.25, 0.3) is 5.91 Å². The average molecular weight is 381 g/mol. The third-order valence-electron chi connectivity index (χ3n) is 4.33. The van der Waals surface area contributed by atoms with E-state index in [-0.39, 0.29) is 5.91 Å². The Morgan fingerprint density at radius 1 is 1.12 bits per heavy atom. The third kappa shape index (κ3) is 4.26. The Labute approximate surface area is 156 Å². The van der Waals surface area contributed by atoms with E-state index in [4.69, 9.17) is 21.1 Å². The normalized spacial score (nSPS) is 15.2. The topological polar surface area (TPSA) is 42.0 Å². The minimum Gasteiger partial charge on any atom is -0.497 e. The number of hydrogen-bond donors (Lipinski definition) is 0. The van der Waals surface area contributed by atoms with E-state index in [1.54, 1.807) is 26.4 Å². The van der Waals surface area contributed by atoms with Gasteiger partial charge in [0.1, 0.15) is 11.5 Å². The van der Waals surface area contributed by atoms with Gasteiger partial charge in [0.05, 0.1) is 23.4 Å². The second kappa shape index (κ2) is 8.08. The van der Waals surface area contributed by atoms with Crippen LogP contribution < -0.4 is 9.47 Å². The first-order chi connectivity index (χ1) is 12.1. The van der Waals surface area contributed by atoms with Crippen molar-refractivity contribution in [2.75, 3.05) is 40.4 Å². The highest BCUT2D eigenvalue weighted by molar-refractivity contribution is 7.17. The van der Waals surface area contributed by atoms with Crippen LogP contribution in [0.25, 0.3) is 0 Å². The summed E-state index contributed by atoms with van der Waals surface area (Å²) >= 11 is 7.26. The van der Waals surface area contributed by atoms with Crippen LogP contribution in [0.5, 0.6) is 11.5 Å². The Kier molecular flexibility index (Phi) is 5.83. The van der Waals surface area contributed by atoms with Gasteiger partial charge in [-0.2, -0.15) is 0 Å². The van der Waals surface area contributed by atoms with Crippen LogP contribution in [0, 0.1) is 0 Å². The fourth-order valence-electron chi connectivity index (χ4n) is 2.94. The minimum atomic E-state index is 0.0653. The van der Waals surface area contributed by atoms with E-state index >= 15 is 0 Å². The predicted octanol–water partition coefficient (Wildman–Crippen LogP) is 3.38. The molecule has 1 amide bonds. The van der Waals surface area contributed by atoms with Crippen molar-refractivity contribution in [3.63, 3.8) is 0 Å². The van der Waals surface area contributed by atoms with Crippen molar-refractivity contribution in [1.82, 2.24) is 9.80 Å². The molecular formula is C18H21ClN2O3S. The van der Waals surface area contributed by atoms with Crippen LogP contribution in [-0.4, -0.2) is 56.1 Å². The molecule has 0 aliphatic carbocycles. The molecule has 0 bridgehead atoms. The summed E-state index contributed by atoms with van der Waals surface area (Å²) < 4.78 is 11.4. The van der Waals surface area contributed by atoms with Crippen LogP contribution in [0.2, 0.25) is 4.34 Å². The number of hydrogen-bond acceptors (Lipinski definition) is 5. The van der Waals surface area contributed by atoms with Gasteiger partial charge >= 0.3 is 0 Å². The van der Waals surface area contributed by atoms with E-state index in [1.807, 2.05) is 23.1 Å². The van der Waals surface area contributed by atoms with E-state index in [9.17, 15) is 4.79 Å². The molecule has 0 atom stereocenters. The fraction of sp³-hybridized carbons (Fsp3) is 0.389. The second-order valence-corrected chi connectivity index (χ2v) is 7.56. The van der Waals surface area contributed by atoms with Crippen molar-refractivity contribution in [1.29, 1.82) is 0 Å². The molecule has 1 aliphatic heterocycles. The number of nitrogens with zero attached hydrogens (tertiary/aromatic N) is 2. The molecular weight excluding hydrogens is 360 g/mol. The van der Waals surface area contributed by atoms with Crippen LogP contribution in [0.1, 0.15) is 15.2 Å². The number of benzene rings is 1. The lowest BCUT2D eigenvalue weighted by molar-refractivity contribution is 0.0632. The number of piperazine rings is 1. The summed E-state index contributed by atoms with van der Waals surface area (Å²) in [5.41, 5.74) is 1.09. The summed E-state index contributed by atoms with van der Waals surface area (Å²) in [5, 5.41) is 0. The molecule has 1 aromatic carbocycles. The van der Waals surface area contributed by atoms with E-state index in [2.05, 4.69) is 4.90 Å². The number of methoxy groups -OCH3 is 2. The van der Waals surface area contributed by atoms with Gasteiger partial charge in [0.2, 0.25) is 0 Å². The Morgan fingerprint density at radius 3 is 2.48 bits per heavy atom. The quantitative estimate of drug-likeness (QED) is 0.797. The molecule has 1 aliphatic rings. The Bertz CT molecular complexity index is 742. The van der Waals surface area contributed by atoms with Gasteiger partial charge in [-0.3, -0.25) is 9.69 Å². The standard InChI is InChI=1S/C18H21ClN2O3S/c1-23-14-3-4-15(24-2)13(11-14)12-20-7-9-21(10-8-20)18(22)16-5-6-17(19)25-16/h3-6,11H,7-10,12H2,1-2H3. The van der Waals surface area contributed by atoms with E-state index in [0.29, 0.717) is 22.3 Å². The smallest absolute Gasteiger partial charge is 0.264 e. The first-order valence-electron chi connectivity index (χ1n) is 8.08. The molecule has 2 aromatic rings. The minimum absolute atomic E-state index is 0.0653. The predicted molar refractivity (Wildman–Crippen MR) is 100 cm³/mol. The molecule has 134 valence electrons. The SMILES string of the molecule is COc1ccc(OC)c(CN2CCN(C(=O)c3ccc(Cl)s3)CC2)c1. The maximum Gasteiger partial charge on any atom is 0.264 e. The zero-order valence-electron chi connectivity index (χ0n) is 14.3. The summed E-state index contributed by atoms with van der Waals surface area (Å²) in [6.07, 6.45) is 0. The van der Waals surface area contributed by atoms with Crippen molar-refractivity contribution < 1.29 is 14.3 Å². The highest BCUT2D eigenvalue weighted by atomic mass is 35.5. The first-order valence-corrected chi connectivity index (χ1v) is 9.28. The van der Waals surface area contributed by atoms with Gasteiger partial charge in [0, 0.05) is 38.3 Å². The molecule has 0 spiro atoms. The molecule has 7 heteroatoms. The van der Waals surface area contributed by atoms with Crippen LogP contribution in [0.4, 0.5) is 0 Å². The zero-order chi connectivity index (χ0) is 17.8. The summed E-state index contributed by atoms with van der Waals surface area (Å²) in [6.45, 7) is 3.84. The number of ether oxygens (including phenoxy) is 2. The van der Waals surface area contributed by atoms with Gasteiger partial charge < -0.3 is 14.4 Å². The lowest BCUT2D eigenvalue weighted by Gasteiger charge is -2.34. The largest absolute Gasteiger partial charge is 0.497 e. The first kappa shape index (κ1) is 18.0. The number of carbonyl (C=O) groups is 1. The Balaban J connectivity index is 1.60. The Morgan fingerprint density at radius 2 is 1.88 bits per heavy atom. The van der Waals surface area contributed by atoms with E-state index in [0.717, 1.165) is 36.7 Å². The number of halogens is 1. The zero-order valence-corrected chi connectivity index (χ0v) is 15.9. The number of carbonyl (C=O) groups excluding carboxylic acids is 1. The van der Waals surface area contributed by atoms with Gasteiger partial charge in [-0.05, 0) is 30.3 Å². The van der Waals surface area contributed by atoms with Crippen molar-refractivity contribution in [3.8, 4) is 11.5 Å². The molecule has 0 saturated carbocycles. The van der Waals surface area contributed by atoms with Gasteiger partial charge in [0.15, 0.2) is 0 Å². The van der Waals surface area contributed by atoms with Gasteiger partial charge in [-0.1, -0.05) is 11.6 Å². The number of amides is 1. The monoisotopic (exact) mass is 380 g/mol. The maximum atomic E-state index is 12.5. The fourth-order valence-corrected chi connectivity index (χ4v) is 3.95. The molecule has 0 radical (unpaired) electrons.